The predicted octanol–water partition coefficient (Wildman–Crippen LogP) is 4.39. The molecule has 5 atom stereocenters. The van der Waals surface area contributed by atoms with Crippen LogP contribution in [0.15, 0.2) is 29.1 Å². The van der Waals surface area contributed by atoms with Crippen molar-refractivity contribution in [1.29, 1.82) is 5.41 Å². The number of nitrogens with zero attached hydrogens (tertiary/aromatic N) is 3. The second-order valence-electron chi connectivity index (χ2n) is 11.8. The molecular weight excluding hydrogens is 468 g/mol. The maximum atomic E-state index is 13.8. The molecule has 4 bridgehead atoms. The molecular formula is C29H38N4O4. The van der Waals surface area contributed by atoms with Gasteiger partial charge in [-0.2, -0.15) is 0 Å². The van der Waals surface area contributed by atoms with Gasteiger partial charge in [-0.25, -0.2) is 4.98 Å². The van der Waals surface area contributed by atoms with Crippen molar-refractivity contribution in [2.45, 2.75) is 94.8 Å². The highest BCUT2D eigenvalue weighted by Gasteiger charge is 2.45. The standard InChI is InChI=1S/C29H38N4O4/c30-24(9-10-27(34)35)28-29(36)33(26-8-4-3-7-25(26)31-28)21-14-22-16-37-17-23(15-21)32(22)20-12-18-5-1-2-6-19(11-18)13-20/h3-4,7-8,18-23,30H,1-2,5-6,9-17H2,(H,34,35)/t18?,19?,20?,21-,22-,23+. The van der Waals surface area contributed by atoms with Crippen LogP contribution < -0.4 is 5.56 Å². The van der Waals surface area contributed by atoms with Crippen molar-refractivity contribution in [2.24, 2.45) is 11.8 Å². The number of morpholine rings is 1. The number of hydrogen-bond donors (Lipinski definition) is 2. The molecule has 2 saturated carbocycles. The van der Waals surface area contributed by atoms with Gasteiger partial charge in [-0.1, -0.05) is 37.8 Å². The van der Waals surface area contributed by atoms with Crippen LogP contribution in [0.2, 0.25) is 0 Å². The highest BCUT2D eigenvalue weighted by atomic mass is 16.5. The molecule has 2 N–H and O–H groups in total. The van der Waals surface area contributed by atoms with Gasteiger partial charge < -0.3 is 19.8 Å². The first-order chi connectivity index (χ1) is 18.0. The number of carboxylic acids is 1. The fraction of sp³-hybridized carbons (Fsp3) is 0.655. The minimum absolute atomic E-state index is 0.00215. The third-order valence-corrected chi connectivity index (χ3v) is 9.36. The average Bonchev–Trinajstić information content (AvgIpc) is 3.05. The Morgan fingerprint density at radius 1 is 0.946 bits per heavy atom. The van der Waals surface area contributed by atoms with Gasteiger partial charge in [0.25, 0.3) is 5.56 Å². The molecule has 1 aromatic heterocycles. The summed E-state index contributed by atoms with van der Waals surface area (Å²) < 4.78 is 7.93. The van der Waals surface area contributed by atoms with Crippen molar-refractivity contribution in [3.63, 3.8) is 0 Å². The molecule has 8 nitrogen and oxygen atoms in total. The van der Waals surface area contributed by atoms with Crippen molar-refractivity contribution in [3.05, 3.63) is 40.3 Å². The van der Waals surface area contributed by atoms with Gasteiger partial charge in [0, 0.05) is 30.6 Å². The molecule has 2 saturated heterocycles. The van der Waals surface area contributed by atoms with Gasteiger partial charge in [0.2, 0.25) is 0 Å². The summed E-state index contributed by atoms with van der Waals surface area (Å²) in [6.45, 7) is 1.41. The fourth-order valence-corrected chi connectivity index (χ4v) is 7.90. The van der Waals surface area contributed by atoms with Crippen LogP contribution in [0.25, 0.3) is 11.0 Å². The Labute approximate surface area is 217 Å². The molecule has 0 spiro atoms. The van der Waals surface area contributed by atoms with Crippen LogP contribution in [0.5, 0.6) is 0 Å². The monoisotopic (exact) mass is 506 g/mol. The maximum Gasteiger partial charge on any atom is 0.303 e. The Morgan fingerprint density at radius 3 is 2.30 bits per heavy atom. The first-order valence-corrected chi connectivity index (χ1v) is 14.1. The smallest absolute Gasteiger partial charge is 0.303 e. The second kappa shape index (κ2) is 10.3. The summed E-state index contributed by atoms with van der Waals surface area (Å²) in [7, 11) is 0. The van der Waals surface area contributed by atoms with Crippen LogP contribution in [0.4, 0.5) is 0 Å². The summed E-state index contributed by atoms with van der Waals surface area (Å²) >= 11 is 0. The van der Waals surface area contributed by atoms with Crippen LogP contribution in [0.3, 0.4) is 0 Å². The molecule has 8 heteroatoms. The minimum atomic E-state index is -0.978. The molecule has 198 valence electrons. The number of hydrogen-bond acceptors (Lipinski definition) is 6. The van der Waals surface area contributed by atoms with E-state index in [1.54, 1.807) is 0 Å². The van der Waals surface area contributed by atoms with E-state index in [4.69, 9.17) is 15.3 Å². The number of benzene rings is 1. The molecule has 2 aliphatic heterocycles. The molecule has 4 fully saturated rings. The molecule has 0 radical (unpaired) electrons. The number of aromatic nitrogens is 2. The van der Waals surface area contributed by atoms with Gasteiger partial charge >= 0.3 is 5.97 Å². The number of piperidine rings is 1. The van der Waals surface area contributed by atoms with Gasteiger partial charge in [-0.3, -0.25) is 14.5 Å². The van der Waals surface area contributed by atoms with E-state index in [0.29, 0.717) is 24.8 Å². The van der Waals surface area contributed by atoms with E-state index < -0.39 is 5.97 Å². The molecule has 1 aromatic carbocycles. The number of nitrogens with one attached hydrogen (secondary N) is 1. The highest BCUT2D eigenvalue weighted by Crippen LogP contribution is 2.44. The third-order valence-electron chi connectivity index (χ3n) is 9.36. The fourth-order valence-electron chi connectivity index (χ4n) is 7.90. The second-order valence-corrected chi connectivity index (χ2v) is 11.8. The summed E-state index contributed by atoms with van der Waals surface area (Å²) in [5, 5.41) is 17.5. The van der Waals surface area contributed by atoms with E-state index in [1.165, 1.54) is 44.9 Å². The maximum absolute atomic E-state index is 13.8. The largest absolute Gasteiger partial charge is 0.481 e. The van der Waals surface area contributed by atoms with Gasteiger partial charge in [0.05, 0.1) is 36.4 Å². The zero-order valence-electron chi connectivity index (χ0n) is 21.5. The Balaban J connectivity index is 1.31. The lowest BCUT2D eigenvalue weighted by atomic mass is 9.75. The van der Waals surface area contributed by atoms with Crippen molar-refractivity contribution in [2.75, 3.05) is 13.2 Å². The highest BCUT2D eigenvalue weighted by molar-refractivity contribution is 5.98. The Bertz CT molecular complexity index is 1210. The molecule has 0 amide bonds. The Kier molecular flexibility index (Phi) is 6.88. The van der Waals surface area contributed by atoms with Gasteiger partial charge in [-0.15, -0.1) is 0 Å². The molecule has 2 aliphatic carbocycles. The number of carboxylic acid groups (broad SMARTS) is 1. The summed E-state index contributed by atoms with van der Waals surface area (Å²) in [6.07, 6.45) is 11.0. The number of fused-ring (bicyclic) bond motifs is 5. The SMILES string of the molecule is N=C(CCC(=O)O)c1nc2ccccc2n([C@H]2C[C@H]3COC[C@@H](C2)N3C2CC3CCCCC(C3)C2)c1=O. The van der Waals surface area contributed by atoms with E-state index in [-0.39, 0.29) is 47.9 Å². The van der Waals surface area contributed by atoms with Crippen molar-refractivity contribution in [3.8, 4) is 0 Å². The normalized spacial score (nSPS) is 32.1. The van der Waals surface area contributed by atoms with E-state index >= 15 is 0 Å². The first kappa shape index (κ1) is 24.7. The summed E-state index contributed by atoms with van der Waals surface area (Å²) in [4.78, 5) is 32.2. The van der Waals surface area contributed by atoms with Gasteiger partial charge in [-0.05, 0) is 56.1 Å². The zero-order valence-corrected chi connectivity index (χ0v) is 21.5. The van der Waals surface area contributed by atoms with E-state index in [0.717, 1.165) is 30.2 Å². The minimum Gasteiger partial charge on any atom is -0.481 e. The van der Waals surface area contributed by atoms with Crippen molar-refractivity contribution < 1.29 is 14.6 Å². The van der Waals surface area contributed by atoms with E-state index in [9.17, 15) is 9.59 Å². The molecule has 2 unspecified atom stereocenters. The summed E-state index contributed by atoms with van der Waals surface area (Å²) in [6, 6.07) is 8.84. The van der Waals surface area contributed by atoms with Crippen molar-refractivity contribution >= 4 is 22.7 Å². The molecule has 6 rings (SSSR count). The lowest BCUT2D eigenvalue weighted by molar-refractivity contribution is -0.136. The number of ether oxygens (including phenoxy) is 1. The topological polar surface area (TPSA) is 109 Å². The third kappa shape index (κ3) is 4.86. The molecule has 2 aromatic rings. The molecule has 3 heterocycles. The first-order valence-electron chi connectivity index (χ1n) is 14.1. The lowest BCUT2D eigenvalue weighted by Gasteiger charge is -2.54. The number of para-hydroxylation sites is 2. The van der Waals surface area contributed by atoms with Crippen LogP contribution in [0, 0.1) is 17.2 Å². The number of aliphatic carboxylic acids is 1. The summed E-state index contributed by atoms with van der Waals surface area (Å²) in [5.74, 6) is 0.738. The van der Waals surface area contributed by atoms with Crippen LogP contribution in [-0.2, 0) is 9.53 Å². The van der Waals surface area contributed by atoms with Crippen LogP contribution in [0.1, 0.15) is 82.4 Å². The van der Waals surface area contributed by atoms with Gasteiger partial charge in [0.15, 0.2) is 0 Å². The Hall–Kier alpha value is -2.58. The lowest BCUT2D eigenvalue weighted by Crippen LogP contribution is -2.62. The van der Waals surface area contributed by atoms with Crippen LogP contribution >= 0.6 is 0 Å². The predicted molar refractivity (Wildman–Crippen MR) is 141 cm³/mol. The van der Waals surface area contributed by atoms with Crippen molar-refractivity contribution in [1.82, 2.24) is 14.5 Å². The van der Waals surface area contributed by atoms with Crippen LogP contribution in [-0.4, -0.2) is 62.6 Å². The van der Waals surface area contributed by atoms with Gasteiger partial charge in [0.1, 0.15) is 5.69 Å². The average molecular weight is 507 g/mol. The molecule has 37 heavy (non-hydrogen) atoms. The number of carbonyl (C=O) groups is 1. The van der Waals surface area contributed by atoms with E-state index in [1.807, 2.05) is 28.8 Å². The molecule has 4 aliphatic rings. The Morgan fingerprint density at radius 2 is 1.62 bits per heavy atom. The number of rotatable bonds is 6. The quantitative estimate of drug-likeness (QED) is 0.563. The zero-order chi connectivity index (χ0) is 25.5. The van der Waals surface area contributed by atoms with E-state index in [2.05, 4.69) is 9.88 Å². The summed E-state index contributed by atoms with van der Waals surface area (Å²) in [5.41, 5.74) is 1.29.